The molecule has 2 aliphatic rings. The van der Waals surface area contributed by atoms with Crippen molar-refractivity contribution < 1.29 is 37.1 Å². The monoisotopic (exact) mass is 669 g/mol. The number of carbonyl (C=O) groups is 5. The van der Waals surface area contributed by atoms with E-state index >= 15 is 0 Å². The Morgan fingerprint density at radius 1 is 0.939 bits per heavy atom. The van der Waals surface area contributed by atoms with Crippen molar-refractivity contribution in [3.05, 3.63) is 107 Å². The third-order valence-electron chi connectivity index (χ3n) is 8.63. The predicted molar refractivity (Wildman–Crippen MR) is 167 cm³/mol. The van der Waals surface area contributed by atoms with Crippen LogP contribution in [0.25, 0.3) is 22.3 Å². The van der Waals surface area contributed by atoms with Gasteiger partial charge in [-0.05, 0) is 47.9 Å². The highest BCUT2D eigenvalue weighted by Gasteiger charge is 2.44. The molecule has 2 aromatic heterocycles. The van der Waals surface area contributed by atoms with Gasteiger partial charge in [0, 0.05) is 37.7 Å². The first-order valence-corrected chi connectivity index (χ1v) is 15.2. The first-order chi connectivity index (χ1) is 23.4. The fourth-order valence-electron chi connectivity index (χ4n) is 6.13. The van der Waals surface area contributed by atoms with E-state index < -0.39 is 47.4 Å². The minimum Gasteiger partial charge on any atom is -0.348 e. The molecule has 49 heavy (non-hydrogen) atoms. The van der Waals surface area contributed by atoms with Gasteiger partial charge in [0.15, 0.2) is 5.69 Å². The number of nitrogens with zero attached hydrogens (tertiary/aromatic N) is 5. The van der Waals surface area contributed by atoms with E-state index in [0.29, 0.717) is 23.3 Å². The molecule has 5 amide bonds. The molecule has 0 saturated carbocycles. The van der Waals surface area contributed by atoms with Crippen LogP contribution < -0.4 is 10.6 Å². The maximum Gasteiger partial charge on any atom is 0.435 e. The van der Waals surface area contributed by atoms with Crippen molar-refractivity contribution in [1.29, 1.82) is 0 Å². The number of fused-ring (bicyclic) bond motifs is 2. The summed E-state index contributed by atoms with van der Waals surface area (Å²) < 4.78 is 42.8. The number of alkyl halides is 3. The summed E-state index contributed by atoms with van der Waals surface area (Å²) in [4.78, 5) is 68.2. The Bertz CT molecular complexity index is 2200. The molecule has 0 bridgehead atoms. The van der Waals surface area contributed by atoms with E-state index in [1.807, 2.05) is 34.9 Å². The highest BCUT2D eigenvalue weighted by molar-refractivity contribution is 6.24. The van der Waals surface area contributed by atoms with E-state index in [-0.39, 0.29) is 36.1 Å². The van der Waals surface area contributed by atoms with Gasteiger partial charge in [-0.15, -0.1) is 0 Å². The van der Waals surface area contributed by atoms with Crippen molar-refractivity contribution in [1.82, 2.24) is 34.9 Å². The number of nitrogens with one attached hydrogen (secondary N) is 2. The third-order valence-corrected chi connectivity index (χ3v) is 8.63. The number of imidazole rings is 1. The maximum absolute atomic E-state index is 13.2. The molecule has 2 N–H and O–H groups in total. The lowest BCUT2D eigenvalue weighted by Crippen LogP contribution is -2.54. The Labute approximate surface area is 275 Å². The number of aryl methyl sites for hydroxylation is 1. The molecule has 0 aliphatic carbocycles. The number of rotatable bonds is 7. The molecule has 1 fully saturated rings. The van der Waals surface area contributed by atoms with Crippen LogP contribution in [0.1, 0.15) is 60.7 Å². The Balaban J connectivity index is 1.01. The number of amides is 5. The van der Waals surface area contributed by atoms with Crippen LogP contribution in [0.2, 0.25) is 0 Å². The maximum atomic E-state index is 13.2. The lowest BCUT2D eigenvalue weighted by Gasteiger charge is -2.27. The number of piperidine rings is 1. The number of imide groups is 2. The molecule has 1 unspecified atom stereocenters. The van der Waals surface area contributed by atoms with Crippen LogP contribution in [-0.2, 0) is 35.9 Å². The summed E-state index contributed by atoms with van der Waals surface area (Å²) in [5.74, 6) is -3.00. The van der Waals surface area contributed by atoms with Crippen molar-refractivity contribution in [3.8, 4) is 11.3 Å². The van der Waals surface area contributed by atoms with Gasteiger partial charge in [0.05, 0.1) is 34.2 Å². The van der Waals surface area contributed by atoms with Crippen molar-refractivity contribution in [2.45, 2.75) is 38.1 Å². The molecule has 1 saturated heterocycles. The summed E-state index contributed by atoms with van der Waals surface area (Å²) in [6.45, 7) is 0.608. The topological polar surface area (TPSA) is 148 Å². The van der Waals surface area contributed by atoms with Crippen LogP contribution in [0.3, 0.4) is 0 Å². The Morgan fingerprint density at radius 2 is 1.67 bits per heavy atom. The second kappa shape index (κ2) is 11.8. The number of hydrogen-bond donors (Lipinski definition) is 2. The quantitative estimate of drug-likeness (QED) is 0.250. The number of aromatic nitrogens is 4. The Kier molecular flexibility index (Phi) is 7.61. The summed E-state index contributed by atoms with van der Waals surface area (Å²) in [5.41, 5.74) is 3.09. The average Bonchev–Trinajstić information content (AvgIpc) is 3.74. The van der Waals surface area contributed by atoms with Crippen LogP contribution in [0.4, 0.5) is 13.2 Å². The van der Waals surface area contributed by atoms with Crippen molar-refractivity contribution in [2.75, 3.05) is 0 Å². The minimum absolute atomic E-state index is 0.00412. The van der Waals surface area contributed by atoms with E-state index in [9.17, 15) is 37.1 Å². The van der Waals surface area contributed by atoms with Gasteiger partial charge < -0.3 is 9.88 Å². The first kappa shape index (κ1) is 31.5. The minimum atomic E-state index is -4.56. The van der Waals surface area contributed by atoms with Gasteiger partial charge in [-0.3, -0.25) is 38.9 Å². The molecule has 2 aliphatic heterocycles. The highest BCUT2D eigenvalue weighted by atomic mass is 19.4. The summed E-state index contributed by atoms with van der Waals surface area (Å²) in [7, 11) is 1.46. The van der Waals surface area contributed by atoms with Crippen molar-refractivity contribution in [3.63, 3.8) is 0 Å². The van der Waals surface area contributed by atoms with Gasteiger partial charge in [-0.2, -0.15) is 18.3 Å². The largest absolute Gasteiger partial charge is 0.435 e. The van der Waals surface area contributed by atoms with Gasteiger partial charge in [0.1, 0.15) is 6.04 Å². The molecular weight excluding hydrogens is 643 g/mol. The normalized spacial score (nSPS) is 16.3. The molecule has 1 atom stereocenters. The standard InChI is InChI=1S/C34H26F3N7O5/c1-42-26(14-27(41-42)34(35,36)37)22-3-2-4-24-29(22)39-17-43(24)16-19-7-5-18(6-8-19)15-38-30(46)20-9-10-21-23(13-20)33(49)44(32(21)48)25-11-12-28(45)40-31(25)47/h2-10,13-14,17,25H,11-12,15-16H2,1H3,(H,38,46)(H,40,45,47). The van der Waals surface area contributed by atoms with Crippen LogP contribution in [-0.4, -0.2) is 59.8 Å². The van der Waals surface area contributed by atoms with Crippen molar-refractivity contribution >= 4 is 40.6 Å². The highest BCUT2D eigenvalue weighted by Crippen LogP contribution is 2.34. The summed E-state index contributed by atoms with van der Waals surface area (Å²) in [6.07, 6.45) is -2.90. The molecule has 12 nitrogen and oxygen atoms in total. The van der Waals surface area contributed by atoms with Crippen molar-refractivity contribution in [2.24, 2.45) is 7.05 Å². The fourth-order valence-corrected chi connectivity index (χ4v) is 6.13. The lowest BCUT2D eigenvalue weighted by atomic mass is 10.0. The molecule has 15 heteroatoms. The SMILES string of the molecule is Cn1nc(C(F)(F)F)cc1-c1cccc2c1ncn2Cc1ccc(CNC(=O)c2ccc3c(c2)C(=O)N(C2CCC(=O)NC2=O)C3=O)cc1. The lowest BCUT2D eigenvalue weighted by molar-refractivity contribution is -0.141. The molecule has 4 heterocycles. The third kappa shape index (κ3) is 5.72. The first-order valence-electron chi connectivity index (χ1n) is 15.2. The smallest absolute Gasteiger partial charge is 0.348 e. The van der Waals surface area contributed by atoms with Gasteiger partial charge >= 0.3 is 6.18 Å². The second-order valence-corrected chi connectivity index (χ2v) is 11.8. The molecule has 7 rings (SSSR count). The summed E-state index contributed by atoms with van der Waals surface area (Å²) in [5, 5.41) is 8.57. The zero-order chi connectivity index (χ0) is 34.6. The van der Waals surface area contributed by atoms with Gasteiger partial charge in [-0.1, -0.05) is 36.4 Å². The Hall–Kier alpha value is -6.12. The van der Waals surface area contributed by atoms with E-state index in [4.69, 9.17) is 0 Å². The molecular formula is C34H26F3N7O5. The molecule has 0 radical (unpaired) electrons. The van der Waals surface area contributed by atoms with E-state index in [0.717, 1.165) is 27.6 Å². The number of benzene rings is 3. The van der Waals surface area contributed by atoms with Gasteiger partial charge in [0.25, 0.3) is 17.7 Å². The summed E-state index contributed by atoms with van der Waals surface area (Å²) >= 11 is 0. The van der Waals surface area contributed by atoms with Gasteiger partial charge in [-0.25, -0.2) is 4.98 Å². The zero-order valence-corrected chi connectivity index (χ0v) is 25.7. The van der Waals surface area contributed by atoms with Gasteiger partial charge in [0.2, 0.25) is 11.8 Å². The number of hydrogen-bond acceptors (Lipinski definition) is 7. The Morgan fingerprint density at radius 3 is 2.39 bits per heavy atom. The van der Waals surface area contributed by atoms with E-state index in [2.05, 4.69) is 20.7 Å². The number of halogens is 3. The molecule has 248 valence electrons. The van der Waals surface area contributed by atoms with Crippen LogP contribution >= 0.6 is 0 Å². The second-order valence-electron chi connectivity index (χ2n) is 11.8. The van der Waals surface area contributed by atoms with E-state index in [1.54, 1.807) is 18.5 Å². The number of para-hydroxylation sites is 1. The molecule has 3 aromatic carbocycles. The number of carbonyl (C=O) groups excluding carboxylic acids is 5. The predicted octanol–water partition coefficient (Wildman–Crippen LogP) is 3.84. The fraction of sp³-hybridized carbons (Fsp3) is 0.206. The molecule has 0 spiro atoms. The molecule has 5 aromatic rings. The van der Waals surface area contributed by atoms with Crippen LogP contribution in [0.15, 0.2) is 73.1 Å². The van der Waals surface area contributed by atoms with E-state index in [1.165, 1.54) is 29.9 Å². The average molecular weight is 670 g/mol. The van der Waals surface area contributed by atoms with Crippen LogP contribution in [0, 0.1) is 0 Å². The van der Waals surface area contributed by atoms with Crippen LogP contribution in [0.5, 0.6) is 0 Å². The zero-order valence-electron chi connectivity index (χ0n) is 25.7. The summed E-state index contributed by atoms with van der Waals surface area (Å²) in [6, 6.07) is 16.8.